The molecule has 0 radical (unpaired) electrons. The molecule has 0 aliphatic heterocycles. The summed E-state index contributed by atoms with van der Waals surface area (Å²) in [5.74, 6) is -0.895. The number of carbonyl (C=O) groups is 1. The average molecular weight is 402 g/mol. The summed E-state index contributed by atoms with van der Waals surface area (Å²) in [7, 11) is -3.87. The van der Waals surface area contributed by atoms with Crippen LogP contribution < -0.4 is 10.5 Å². The molecule has 1 aromatic heterocycles. The Kier molecular flexibility index (Phi) is 4.26. The van der Waals surface area contributed by atoms with Gasteiger partial charge in [-0.2, -0.15) is 0 Å². The number of benzene rings is 2. The molecule has 28 heavy (non-hydrogen) atoms. The second-order valence-corrected chi connectivity index (χ2v) is 8.34. The standard InChI is InChI=1S/C19H18N2O6S/c1-2-26-17(22)19(9-10-19)12-3-5-13(6-4-12)21-28(24,25)14-7-8-15-16(11-14)27-18(23)20-15/h3-8,11,21H,2,9-10H2,1H3,(H,20,23). The van der Waals surface area contributed by atoms with E-state index in [0.717, 1.165) is 18.4 Å². The number of hydrogen-bond donors (Lipinski definition) is 2. The van der Waals surface area contributed by atoms with E-state index in [2.05, 4.69) is 9.71 Å². The molecule has 1 fully saturated rings. The van der Waals surface area contributed by atoms with E-state index in [1.54, 1.807) is 31.2 Å². The molecule has 0 spiro atoms. The minimum absolute atomic E-state index is 0.0305. The molecule has 1 heterocycles. The van der Waals surface area contributed by atoms with Crippen molar-refractivity contribution in [1.82, 2.24) is 4.98 Å². The molecule has 9 heteroatoms. The van der Waals surface area contributed by atoms with E-state index >= 15 is 0 Å². The van der Waals surface area contributed by atoms with Crippen LogP contribution in [0.5, 0.6) is 0 Å². The first kappa shape index (κ1) is 18.3. The minimum Gasteiger partial charge on any atom is -0.465 e. The Bertz CT molecular complexity index is 1200. The van der Waals surface area contributed by atoms with Gasteiger partial charge in [0.1, 0.15) is 0 Å². The number of fused-ring (bicyclic) bond motifs is 1. The fraction of sp³-hybridized carbons (Fsp3) is 0.263. The van der Waals surface area contributed by atoms with Crippen LogP contribution in [0, 0.1) is 0 Å². The van der Waals surface area contributed by atoms with Crippen LogP contribution in [-0.4, -0.2) is 26.0 Å². The van der Waals surface area contributed by atoms with Crippen LogP contribution >= 0.6 is 0 Å². The Balaban J connectivity index is 1.56. The summed E-state index contributed by atoms with van der Waals surface area (Å²) in [6.07, 6.45) is 1.44. The Morgan fingerprint density at radius 2 is 1.93 bits per heavy atom. The quantitative estimate of drug-likeness (QED) is 0.612. The van der Waals surface area contributed by atoms with Gasteiger partial charge in [-0.25, -0.2) is 13.2 Å². The number of oxazole rings is 1. The summed E-state index contributed by atoms with van der Waals surface area (Å²) in [6, 6.07) is 10.8. The molecule has 8 nitrogen and oxygen atoms in total. The molecular weight excluding hydrogens is 384 g/mol. The second kappa shape index (κ2) is 6.52. The Morgan fingerprint density at radius 3 is 2.57 bits per heavy atom. The minimum atomic E-state index is -3.87. The number of carbonyl (C=O) groups excluding carboxylic acids is 1. The van der Waals surface area contributed by atoms with Gasteiger partial charge in [-0.05, 0) is 49.6 Å². The molecule has 0 bridgehead atoms. The molecule has 2 N–H and O–H groups in total. The first-order chi connectivity index (χ1) is 13.3. The average Bonchev–Trinajstić information content (AvgIpc) is 3.37. The molecule has 0 atom stereocenters. The van der Waals surface area contributed by atoms with Crippen LogP contribution in [0.4, 0.5) is 5.69 Å². The summed E-state index contributed by atoms with van der Waals surface area (Å²) < 4.78 is 37.8. The number of rotatable bonds is 6. The normalized spacial score (nSPS) is 15.3. The van der Waals surface area contributed by atoms with E-state index < -0.39 is 21.2 Å². The lowest BCUT2D eigenvalue weighted by atomic mass is 9.96. The van der Waals surface area contributed by atoms with E-state index in [9.17, 15) is 18.0 Å². The number of aromatic amines is 1. The van der Waals surface area contributed by atoms with Gasteiger partial charge in [0.2, 0.25) is 0 Å². The van der Waals surface area contributed by atoms with Crippen molar-refractivity contribution in [1.29, 1.82) is 0 Å². The summed E-state index contributed by atoms with van der Waals surface area (Å²) in [4.78, 5) is 25.8. The van der Waals surface area contributed by atoms with Crippen LogP contribution in [0.3, 0.4) is 0 Å². The molecule has 3 aromatic rings. The van der Waals surface area contributed by atoms with Gasteiger partial charge in [-0.3, -0.25) is 14.5 Å². The molecule has 4 rings (SSSR count). The fourth-order valence-electron chi connectivity index (χ4n) is 3.17. The van der Waals surface area contributed by atoms with Crippen molar-refractivity contribution < 1.29 is 22.4 Å². The number of anilines is 1. The molecule has 1 saturated carbocycles. The van der Waals surface area contributed by atoms with E-state index in [1.807, 2.05) is 0 Å². The van der Waals surface area contributed by atoms with Gasteiger partial charge in [0.15, 0.2) is 5.58 Å². The molecule has 1 aliphatic rings. The highest BCUT2D eigenvalue weighted by molar-refractivity contribution is 7.92. The number of aromatic nitrogens is 1. The van der Waals surface area contributed by atoms with Crippen molar-refractivity contribution in [3.05, 3.63) is 58.6 Å². The maximum Gasteiger partial charge on any atom is 0.417 e. The van der Waals surface area contributed by atoms with Crippen LogP contribution in [0.15, 0.2) is 56.6 Å². The summed E-state index contributed by atoms with van der Waals surface area (Å²) >= 11 is 0. The fourth-order valence-corrected chi connectivity index (χ4v) is 4.24. The number of ether oxygens (including phenoxy) is 1. The van der Waals surface area contributed by atoms with Gasteiger partial charge in [0.05, 0.1) is 22.4 Å². The van der Waals surface area contributed by atoms with Crippen LogP contribution in [0.1, 0.15) is 25.3 Å². The van der Waals surface area contributed by atoms with E-state index in [1.165, 1.54) is 18.2 Å². The summed E-state index contributed by atoms with van der Waals surface area (Å²) in [6.45, 7) is 2.09. The first-order valence-corrected chi connectivity index (χ1v) is 10.3. The van der Waals surface area contributed by atoms with Crippen molar-refractivity contribution in [3.63, 3.8) is 0 Å². The third-order valence-electron chi connectivity index (χ3n) is 4.81. The lowest BCUT2D eigenvalue weighted by Gasteiger charge is -2.15. The lowest BCUT2D eigenvalue weighted by molar-refractivity contribution is -0.146. The highest BCUT2D eigenvalue weighted by atomic mass is 32.2. The lowest BCUT2D eigenvalue weighted by Crippen LogP contribution is -2.23. The van der Waals surface area contributed by atoms with Gasteiger partial charge < -0.3 is 9.15 Å². The maximum absolute atomic E-state index is 12.6. The van der Waals surface area contributed by atoms with Crippen LogP contribution in [-0.2, 0) is 25.0 Å². The molecule has 0 amide bonds. The van der Waals surface area contributed by atoms with Crippen molar-refractivity contribution in [2.45, 2.75) is 30.1 Å². The number of esters is 1. The molecule has 0 saturated heterocycles. The second-order valence-electron chi connectivity index (χ2n) is 6.66. The van der Waals surface area contributed by atoms with Crippen molar-refractivity contribution in [3.8, 4) is 0 Å². The third-order valence-corrected chi connectivity index (χ3v) is 6.19. The molecule has 146 valence electrons. The van der Waals surface area contributed by atoms with Crippen molar-refractivity contribution >= 4 is 32.8 Å². The largest absolute Gasteiger partial charge is 0.465 e. The predicted molar refractivity (Wildman–Crippen MR) is 102 cm³/mol. The van der Waals surface area contributed by atoms with E-state index in [4.69, 9.17) is 9.15 Å². The Labute approximate surface area is 160 Å². The van der Waals surface area contributed by atoms with Gasteiger partial charge >= 0.3 is 11.7 Å². The molecule has 2 aromatic carbocycles. The van der Waals surface area contributed by atoms with Crippen LogP contribution in [0.25, 0.3) is 11.1 Å². The topological polar surface area (TPSA) is 118 Å². The highest BCUT2D eigenvalue weighted by Crippen LogP contribution is 2.49. The van der Waals surface area contributed by atoms with Gasteiger partial charge in [-0.15, -0.1) is 0 Å². The SMILES string of the molecule is CCOC(=O)C1(c2ccc(NS(=O)(=O)c3ccc4[nH]c(=O)oc4c3)cc2)CC1. The number of hydrogen-bond acceptors (Lipinski definition) is 6. The van der Waals surface area contributed by atoms with Gasteiger partial charge in [0.25, 0.3) is 10.0 Å². The predicted octanol–water partition coefficient (Wildman–Crippen LogP) is 2.52. The summed E-state index contributed by atoms with van der Waals surface area (Å²) in [5, 5.41) is 0. The van der Waals surface area contributed by atoms with Crippen LogP contribution in [0.2, 0.25) is 0 Å². The first-order valence-electron chi connectivity index (χ1n) is 8.77. The zero-order valence-electron chi connectivity index (χ0n) is 15.0. The number of sulfonamides is 1. The smallest absolute Gasteiger partial charge is 0.417 e. The third kappa shape index (κ3) is 3.18. The van der Waals surface area contributed by atoms with Gasteiger partial charge in [0, 0.05) is 11.8 Å². The zero-order chi connectivity index (χ0) is 19.9. The maximum atomic E-state index is 12.6. The van der Waals surface area contributed by atoms with Crippen molar-refractivity contribution in [2.24, 2.45) is 0 Å². The van der Waals surface area contributed by atoms with Gasteiger partial charge in [-0.1, -0.05) is 12.1 Å². The highest BCUT2D eigenvalue weighted by Gasteiger charge is 2.52. The van der Waals surface area contributed by atoms with E-state index in [-0.39, 0.29) is 16.4 Å². The Morgan fingerprint density at radius 1 is 1.21 bits per heavy atom. The number of nitrogens with one attached hydrogen (secondary N) is 2. The van der Waals surface area contributed by atoms with E-state index in [0.29, 0.717) is 17.8 Å². The number of H-pyrrole nitrogens is 1. The van der Waals surface area contributed by atoms with Crippen molar-refractivity contribution in [2.75, 3.05) is 11.3 Å². The molecule has 1 aliphatic carbocycles. The zero-order valence-corrected chi connectivity index (χ0v) is 15.8. The Hall–Kier alpha value is -3.07. The summed E-state index contributed by atoms with van der Waals surface area (Å²) in [5.41, 5.74) is 1.14. The molecule has 0 unspecified atom stereocenters. The monoisotopic (exact) mass is 402 g/mol. The molecular formula is C19H18N2O6S.